The molecule has 1 saturated carbocycles. The number of piperidine rings is 1. The number of urea groups is 1. The number of hydrogen-bond donors (Lipinski definition) is 3. The van der Waals surface area contributed by atoms with Crippen LogP contribution >= 0.6 is 0 Å². The molecule has 3 rings (SSSR count). The molecule has 1 aliphatic heterocycles. The Bertz CT molecular complexity index is 1060. The minimum atomic E-state index is -0.794. The van der Waals surface area contributed by atoms with Crippen molar-refractivity contribution in [2.45, 2.75) is 123 Å². The highest BCUT2D eigenvalue weighted by Crippen LogP contribution is 2.46. The number of amides is 4. The van der Waals surface area contributed by atoms with Crippen molar-refractivity contribution in [1.29, 1.82) is 0 Å². The van der Waals surface area contributed by atoms with Crippen LogP contribution in [0.2, 0.25) is 0 Å². The lowest BCUT2D eigenvalue weighted by molar-refractivity contribution is -0.147. The van der Waals surface area contributed by atoms with E-state index in [0.717, 1.165) is 37.7 Å². The molecule has 0 spiro atoms. The first kappa shape index (κ1) is 34.8. The zero-order valence-corrected chi connectivity index (χ0v) is 27.6. The van der Waals surface area contributed by atoms with Gasteiger partial charge in [0.25, 0.3) is 0 Å². The van der Waals surface area contributed by atoms with Gasteiger partial charge in [-0.05, 0) is 83.4 Å². The predicted octanol–water partition coefficient (Wildman–Crippen LogP) is 5.26. The molecule has 1 aliphatic carbocycles. The highest BCUT2D eigenvalue weighted by molar-refractivity contribution is 5.88. The molecule has 1 heterocycles. The summed E-state index contributed by atoms with van der Waals surface area (Å²) in [7, 11) is 1.74. The topological polar surface area (TPSA) is 93.8 Å². The van der Waals surface area contributed by atoms with Gasteiger partial charge in [0.15, 0.2) is 0 Å². The first-order chi connectivity index (χ1) is 20.2. The lowest BCUT2D eigenvalue weighted by atomic mass is 9.63. The molecule has 8 nitrogen and oxygen atoms in total. The van der Waals surface area contributed by atoms with E-state index in [1.807, 2.05) is 25.7 Å². The zero-order chi connectivity index (χ0) is 31.8. The summed E-state index contributed by atoms with van der Waals surface area (Å²) in [6.45, 7) is 13.8. The maximum absolute atomic E-state index is 14.0. The first-order valence-electron chi connectivity index (χ1n) is 16.3. The van der Waals surface area contributed by atoms with Crippen molar-refractivity contribution < 1.29 is 18.8 Å². The molecule has 0 aromatic heterocycles. The highest BCUT2D eigenvalue weighted by atomic mass is 19.1. The first-order valence-corrected chi connectivity index (χ1v) is 16.3. The molecule has 9 heteroatoms. The van der Waals surface area contributed by atoms with Gasteiger partial charge in [-0.25, -0.2) is 9.18 Å². The van der Waals surface area contributed by atoms with Gasteiger partial charge in [-0.1, -0.05) is 45.2 Å². The molecule has 43 heavy (non-hydrogen) atoms. The third-order valence-corrected chi connectivity index (χ3v) is 9.11. The van der Waals surface area contributed by atoms with E-state index in [-0.39, 0.29) is 41.7 Å². The van der Waals surface area contributed by atoms with Crippen LogP contribution in [0.25, 0.3) is 0 Å². The number of carbonyl (C=O) groups excluding carboxylic acids is 3. The van der Waals surface area contributed by atoms with Crippen LogP contribution in [-0.2, 0) is 16.0 Å². The number of nitrogens with zero attached hydrogens (tertiary/aromatic N) is 2. The Labute approximate surface area is 258 Å². The van der Waals surface area contributed by atoms with Crippen LogP contribution in [-0.4, -0.2) is 78.0 Å². The highest BCUT2D eigenvalue weighted by Gasteiger charge is 2.49. The number of likely N-dealkylation sites (tertiary alicyclic amines) is 1. The molecule has 0 unspecified atom stereocenters. The number of nitrogens with one attached hydrogen (secondary N) is 3. The molecule has 3 N–H and O–H groups in total. The summed E-state index contributed by atoms with van der Waals surface area (Å²) in [5.41, 5.74) is -0.0398. The minimum Gasteiger partial charge on any atom is -0.351 e. The van der Waals surface area contributed by atoms with E-state index in [0.29, 0.717) is 44.4 Å². The maximum Gasteiger partial charge on any atom is 0.317 e. The van der Waals surface area contributed by atoms with Crippen LogP contribution < -0.4 is 16.0 Å². The van der Waals surface area contributed by atoms with E-state index in [9.17, 15) is 18.8 Å². The summed E-state index contributed by atoms with van der Waals surface area (Å²) >= 11 is 0. The molecule has 0 radical (unpaired) electrons. The average molecular weight is 602 g/mol. The van der Waals surface area contributed by atoms with Gasteiger partial charge >= 0.3 is 6.03 Å². The van der Waals surface area contributed by atoms with Crippen LogP contribution in [0.5, 0.6) is 0 Å². The fourth-order valence-corrected chi connectivity index (χ4v) is 6.74. The normalized spacial score (nSPS) is 19.0. The Kier molecular flexibility index (Phi) is 12.4. The monoisotopic (exact) mass is 601 g/mol. The summed E-state index contributed by atoms with van der Waals surface area (Å²) in [5.74, 6) is -0.0766. The largest absolute Gasteiger partial charge is 0.351 e. The van der Waals surface area contributed by atoms with E-state index in [1.54, 1.807) is 24.1 Å². The summed E-state index contributed by atoms with van der Waals surface area (Å²) in [5, 5.41) is 9.69. The number of halogens is 1. The number of benzene rings is 1. The smallest absolute Gasteiger partial charge is 0.317 e. The molecule has 1 aromatic carbocycles. The van der Waals surface area contributed by atoms with Gasteiger partial charge in [-0.15, -0.1) is 0 Å². The van der Waals surface area contributed by atoms with E-state index in [4.69, 9.17) is 0 Å². The lowest BCUT2D eigenvalue weighted by Crippen LogP contribution is -2.59. The average Bonchev–Trinajstić information content (AvgIpc) is 2.95. The van der Waals surface area contributed by atoms with Crippen molar-refractivity contribution in [3.63, 3.8) is 0 Å². The molecule has 0 bridgehead atoms. The Morgan fingerprint density at radius 3 is 2.19 bits per heavy atom. The molecule has 2 fully saturated rings. The van der Waals surface area contributed by atoms with Crippen molar-refractivity contribution in [2.24, 2.45) is 11.3 Å². The second-order valence-electron chi connectivity index (χ2n) is 14.3. The van der Waals surface area contributed by atoms with Gasteiger partial charge in [0.05, 0.1) is 5.41 Å². The molecular formula is C34H56FN5O3. The van der Waals surface area contributed by atoms with E-state index >= 15 is 0 Å². The van der Waals surface area contributed by atoms with Gasteiger partial charge < -0.3 is 25.8 Å². The van der Waals surface area contributed by atoms with E-state index in [1.165, 1.54) is 18.6 Å². The van der Waals surface area contributed by atoms with Gasteiger partial charge in [-0.3, -0.25) is 9.59 Å². The van der Waals surface area contributed by atoms with Gasteiger partial charge in [0.2, 0.25) is 11.8 Å². The molecule has 2 aliphatic rings. The zero-order valence-electron chi connectivity index (χ0n) is 27.6. The fourth-order valence-electron chi connectivity index (χ4n) is 6.74. The molecule has 4 amide bonds. The third-order valence-electron chi connectivity index (χ3n) is 9.11. The summed E-state index contributed by atoms with van der Waals surface area (Å²) in [6, 6.07) is 5.57. The van der Waals surface area contributed by atoms with E-state index < -0.39 is 11.5 Å². The number of rotatable bonds is 11. The third kappa shape index (κ3) is 10.2. The quantitative estimate of drug-likeness (QED) is 0.323. The lowest BCUT2D eigenvalue weighted by Gasteiger charge is -2.48. The van der Waals surface area contributed by atoms with Crippen molar-refractivity contribution in [1.82, 2.24) is 25.8 Å². The Hall–Kier alpha value is -2.68. The van der Waals surface area contributed by atoms with Gasteiger partial charge in [0.1, 0.15) is 11.9 Å². The number of hydrogen-bond acceptors (Lipinski definition) is 4. The van der Waals surface area contributed by atoms with Crippen LogP contribution in [0, 0.1) is 17.2 Å². The summed E-state index contributed by atoms with van der Waals surface area (Å²) in [6.07, 6.45) is 7.87. The molecular weight excluding hydrogens is 545 g/mol. The van der Waals surface area contributed by atoms with E-state index in [2.05, 4.69) is 36.7 Å². The Morgan fingerprint density at radius 1 is 1.02 bits per heavy atom. The van der Waals surface area contributed by atoms with Crippen LogP contribution in [0.1, 0.15) is 98.5 Å². The predicted molar refractivity (Wildman–Crippen MR) is 170 cm³/mol. The van der Waals surface area contributed by atoms with Crippen molar-refractivity contribution in [3.05, 3.63) is 35.6 Å². The number of carbonyl (C=O) groups is 3. The summed E-state index contributed by atoms with van der Waals surface area (Å²) < 4.78 is 13.6. The van der Waals surface area contributed by atoms with Crippen LogP contribution in [0.3, 0.4) is 0 Å². The Morgan fingerprint density at radius 2 is 1.63 bits per heavy atom. The van der Waals surface area contributed by atoms with Crippen molar-refractivity contribution >= 4 is 17.8 Å². The van der Waals surface area contributed by atoms with Crippen LogP contribution in [0.15, 0.2) is 24.3 Å². The second-order valence-corrected chi connectivity index (χ2v) is 14.3. The van der Waals surface area contributed by atoms with Crippen molar-refractivity contribution in [2.75, 3.05) is 26.7 Å². The minimum absolute atomic E-state index is 0.109. The standard InChI is InChI=1S/C34H56FN5O3/c1-24(2)36-25(3)17-20-39(7)32(43)37-29(23-26-13-15-28(35)16-14-26)30(41)40-21-18-34(19-22-40,27-11-9-8-10-12-27)31(42)38-33(4,5)6/h13-16,24-25,27,29,36H,8-12,17-23H2,1-7H3,(H,37,43)(H,38,42)/t25-,29-/m1/s1. The van der Waals surface area contributed by atoms with Crippen LogP contribution in [0.4, 0.5) is 9.18 Å². The Balaban J connectivity index is 1.74. The second kappa shape index (κ2) is 15.4. The SMILES string of the molecule is CC(C)N[C@H](C)CCN(C)C(=O)N[C@H](Cc1ccc(F)cc1)C(=O)N1CCC(C(=O)NC(C)(C)C)(C2CCCCC2)CC1. The molecule has 242 valence electrons. The molecule has 2 atom stereocenters. The van der Waals surface area contributed by atoms with Crippen molar-refractivity contribution in [3.8, 4) is 0 Å². The van der Waals surface area contributed by atoms with Gasteiger partial charge in [-0.2, -0.15) is 0 Å². The summed E-state index contributed by atoms with van der Waals surface area (Å²) in [4.78, 5) is 44.5. The molecule has 1 saturated heterocycles. The maximum atomic E-state index is 14.0. The molecule has 1 aromatic rings. The van der Waals surface area contributed by atoms with Gasteiger partial charge in [0, 0.05) is 50.7 Å². The fraction of sp³-hybridized carbons (Fsp3) is 0.735.